The smallest absolute Gasteiger partial charge is 0.264 e. The van der Waals surface area contributed by atoms with Gasteiger partial charge in [-0.25, -0.2) is 17.2 Å². The first-order valence-corrected chi connectivity index (χ1v) is 8.23. The maximum Gasteiger partial charge on any atom is 0.264 e. The van der Waals surface area contributed by atoms with E-state index in [0.717, 1.165) is 6.42 Å². The predicted octanol–water partition coefficient (Wildman–Crippen LogP) is 2.28. The fourth-order valence-corrected chi connectivity index (χ4v) is 2.80. The van der Waals surface area contributed by atoms with Gasteiger partial charge in [-0.15, -0.1) is 0 Å². The van der Waals surface area contributed by atoms with Gasteiger partial charge < -0.3 is 5.32 Å². The molecule has 0 heterocycles. The molecule has 4 nitrogen and oxygen atoms in total. The average Bonchev–Trinajstić information content (AvgIpc) is 3.00. The van der Waals surface area contributed by atoms with Crippen LogP contribution in [0.25, 0.3) is 0 Å². The van der Waals surface area contributed by atoms with Gasteiger partial charge in [-0.2, -0.15) is 0 Å². The standard InChI is InChI=1S/C12H12ClF2NO3S/c1-6-2-7(6)5-16-12(17)8-3-11(20(13,18)19)10(15)4-9(8)14/h3-4,6-7H,2,5H2,1H3,(H,16,17). The van der Waals surface area contributed by atoms with Crippen molar-refractivity contribution < 1.29 is 22.0 Å². The second-order valence-electron chi connectivity index (χ2n) is 4.88. The van der Waals surface area contributed by atoms with Gasteiger partial charge in [0.1, 0.15) is 16.5 Å². The minimum Gasteiger partial charge on any atom is -0.352 e. The van der Waals surface area contributed by atoms with E-state index >= 15 is 0 Å². The Morgan fingerprint density at radius 3 is 2.50 bits per heavy atom. The summed E-state index contributed by atoms with van der Waals surface area (Å²) >= 11 is 0. The van der Waals surface area contributed by atoms with Crippen molar-refractivity contribution in [3.05, 3.63) is 29.3 Å². The SMILES string of the molecule is CC1CC1CNC(=O)c1cc(S(=O)(=O)Cl)c(F)cc1F. The van der Waals surface area contributed by atoms with Crippen molar-refractivity contribution in [2.45, 2.75) is 18.2 Å². The van der Waals surface area contributed by atoms with Gasteiger partial charge in [0.2, 0.25) is 0 Å². The van der Waals surface area contributed by atoms with E-state index in [0.29, 0.717) is 30.5 Å². The van der Waals surface area contributed by atoms with Gasteiger partial charge in [0, 0.05) is 23.3 Å². The van der Waals surface area contributed by atoms with Crippen LogP contribution in [0.2, 0.25) is 0 Å². The van der Waals surface area contributed by atoms with Crippen LogP contribution in [0, 0.1) is 23.5 Å². The highest BCUT2D eigenvalue weighted by atomic mass is 35.7. The van der Waals surface area contributed by atoms with Crippen LogP contribution in [0.1, 0.15) is 23.7 Å². The van der Waals surface area contributed by atoms with Crippen molar-refractivity contribution in [2.75, 3.05) is 6.54 Å². The highest BCUT2D eigenvalue weighted by molar-refractivity contribution is 8.13. The topological polar surface area (TPSA) is 63.2 Å². The summed E-state index contributed by atoms with van der Waals surface area (Å²) in [6, 6.07) is 0.947. The average molecular weight is 324 g/mol. The Morgan fingerprint density at radius 2 is 2.00 bits per heavy atom. The van der Waals surface area contributed by atoms with E-state index in [1.807, 2.05) is 6.92 Å². The molecule has 110 valence electrons. The Kier molecular flexibility index (Phi) is 4.02. The Morgan fingerprint density at radius 1 is 1.40 bits per heavy atom. The lowest BCUT2D eigenvalue weighted by Gasteiger charge is -2.07. The molecule has 1 amide bonds. The minimum absolute atomic E-state index is 0.337. The molecule has 2 unspecified atom stereocenters. The molecule has 0 saturated heterocycles. The third-order valence-corrected chi connectivity index (χ3v) is 4.67. The van der Waals surface area contributed by atoms with Crippen LogP contribution in [0.3, 0.4) is 0 Å². The van der Waals surface area contributed by atoms with Gasteiger partial charge >= 0.3 is 0 Å². The minimum atomic E-state index is -4.38. The molecule has 0 bridgehead atoms. The van der Waals surface area contributed by atoms with E-state index in [1.165, 1.54) is 0 Å². The Bertz CT molecular complexity index is 663. The van der Waals surface area contributed by atoms with E-state index in [4.69, 9.17) is 10.7 Å². The summed E-state index contributed by atoms with van der Waals surface area (Å²) in [6.45, 7) is 2.40. The zero-order valence-corrected chi connectivity index (χ0v) is 12.1. The number of carbonyl (C=O) groups is 1. The molecule has 8 heteroatoms. The second kappa shape index (κ2) is 5.29. The normalized spacial score (nSPS) is 21.6. The lowest BCUT2D eigenvalue weighted by atomic mass is 10.2. The fourth-order valence-electron chi connectivity index (χ4n) is 1.89. The monoisotopic (exact) mass is 323 g/mol. The molecule has 20 heavy (non-hydrogen) atoms. The van der Waals surface area contributed by atoms with Gasteiger partial charge in [0.15, 0.2) is 0 Å². The highest BCUT2D eigenvalue weighted by Gasteiger charge is 2.32. The summed E-state index contributed by atoms with van der Waals surface area (Å²) in [7, 11) is 0.644. The first kappa shape index (κ1) is 15.2. The number of hydrogen-bond donors (Lipinski definition) is 1. The molecule has 1 aliphatic rings. The van der Waals surface area contributed by atoms with Crippen molar-refractivity contribution in [1.29, 1.82) is 0 Å². The quantitative estimate of drug-likeness (QED) is 0.865. The number of benzene rings is 1. The van der Waals surface area contributed by atoms with Crippen LogP contribution in [0.5, 0.6) is 0 Å². The van der Waals surface area contributed by atoms with Gasteiger partial charge in [0.05, 0.1) is 5.56 Å². The molecule has 0 aromatic heterocycles. The molecule has 2 rings (SSSR count). The van der Waals surface area contributed by atoms with E-state index in [2.05, 4.69) is 5.32 Å². The van der Waals surface area contributed by atoms with Crippen LogP contribution < -0.4 is 5.32 Å². The summed E-state index contributed by atoms with van der Waals surface area (Å²) in [6.07, 6.45) is 0.980. The van der Waals surface area contributed by atoms with E-state index in [1.54, 1.807) is 0 Å². The third kappa shape index (κ3) is 3.27. The van der Waals surface area contributed by atoms with E-state index in [-0.39, 0.29) is 0 Å². The van der Waals surface area contributed by atoms with Crippen molar-refractivity contribution in [3.63, 3.8) is 0 Å². The summed E-state index contributed by atoms with van der Waals surface area (Å²) in [5.41, 5.74) is -0.543. The molecule has 0 spiro atoms. The van der Waals surface area contributed by atoms with Crippen LogP contribution in [-0.2, 0) is 9.05 Å². The molecule has 1 saturated carbocycles. The van der Waals surface area contributed by atoms with Gasteiger partial charge in [-0.1, -0.05) is 6.92 Å². The van der Waals surface area contributed by atoms with Gasteiger partial charge in [0.25, 0.3) is 15.0 Å². The van der Waals surface area contributed by atoms with Crippen LogP contribution in [0.4, 0.5) is 8.78 Å². The number of nitrogens with one attached hydrogen (secondary N) is 1. The van der Waals surface area contributed by atoms with Crippen LogP contribution in [-0.4, -0.2) is 20.9 Å². The molecule has 1 aliphatic carbocycles. The fraction of sp³-hybridized carbons (Fsp3) is 0.417. The van der Waals surface area contributed by atoms with Crippen molar-refractivity contribution >= 4 is 25.6 Å². The molecule has 1 aromatic rings. The Balaban J connectivity index is 2.24. The van der Waals surface area contributed by atoms with Gasteiger partial charge in [-0.3, -0.25) is 4.79 Å². The van der Waals surface area contributed by atoms with Crippen LogP contribution in [0.15, 0.2) is 17.0 Å². The Hall–Kier alpha value is -1.21. The molecular weight excluding hydrogens is 312 g/mol. The summed E-state index contributed by atoms with van der Waals surface area (Å²) in [4.78, 5) is 10.9. The molecule has 0 radical (unpaired) electrons. The second-order valence-corrected chi connectivity index (χ2v) is 7.42. The molecular formula is C12H12ClF2NO3S. The first-order valence-electron chi connectivity index (χ1n) is 5.92. The molecule has 1 N–H and O–H groups in total. The molecule has 2 atom stereocenters. The van der Waals surface area contributed by atoms with Crippen molar-refractivity contribution in [3.8, 4) is 0 Å². The third-order valence-electron chi connectivity index (χ3n) is 3.33. The number of hydrogen-bond acceptors (Lipinski definition) is 3. The van der Waals surface area contributed by atoms with E-state index in [9.17, 15) is 22.0 Å². The number of halogens is 3. The molecule has 0 aliphatic heterocycles. The van der Waals surface area contributed by atoms with Gasteiger partial charge in [-0.05, 0) is 24.3 Å². The Labute approximate surface area is 119 Å². The zero-order valence-electron chi connectivity index (χ0n) is 10.5. The first-order chi connectivity index (χ1) is 9.20. The molecule has 1 fully saturated rings. The maximum absolute atomic E-state index is 13.5. The lowest BCUT2D eigenvalue weighted by molar-refractivity contribution is 0.0947. The lowest BCUT2D eigenvalue weighted by Crippen LogP contribution is -2.27. The number of amides is 1. The van der Waals surface area contributed by atoms with Crippen molar-refractivity contribution in [2.24, 2.45) is 11.8 Å². The molecule has 1 aromatic carbocycles. The maximum atomic E-state index is 13.5. The summed E-state index contributed by atoms with van der Waals surface area (Å²) < 4.78 is 49.1. The highest BCUT2D eigenvalue weighted by Crippen LogP contribution is 2.36. The summed E-state index contributed by atoms with van der Waals surface area (Å²) in [5.74, 6) is -2.40. The summed E-state index contributed by atoms with van der Waals surface area (Å²) in [5, 5.41) is 2.49. The zero-order chi connectivity index (χ0) is 15.1. The number of rotatable bonds is 4. The van der Waals surface area contributed by atoms with E-state index < -0.39 is 37.1 Å². The van der Waals surface area contributed by atoms with Crippen LogP contribution >= 0.6 is 10.7 Å². The largest absolute Gasteiger partial charge is 0.352 e. The predicted molar refractivity (Wildman–Crippen MR) is 69.0 cm³/mol. The number of carbonyl (C=O) groups excluding carboxylic acids is 1. The van der Waals surface area contributed by atoms with Crippen molar-refractivity contribution in [1.82, 2.24) is 5.32 Å².